The van der Waals surface area contributed by atoms with Gasteiger partial charge in [-0.2, -0.15) is 5.26 Å². The molecule has 2 aromatic rings. The number of nitrogens with zero attached hydrogens (tertiary/aromatic N) is 4. The van der Waals surface area contributed by atoms with E-state index in [9.17, 15) is 29.5 Å². The van der Waals surface area contributed by atoms with E-state index >= 15 is 0 Å². The first-order chi connectivity index (χ1) is 18.2. The Balaban J connectivity index is 1.54. The summed E-state index contributed by atoms with van der Waals surface area (Å²) in [5.41, 5.74) is 6.40. The molecule has 13 nitrogen and oxygen atoms in total. The number of hydrogen-bond donors (Lipinski definition) is 4. The number of nitrogen functional groups attached to an aromatic ring is 1. The van der Waals surface area contributed by atoms with Crippen LogP contribution in [0.25, 0.3) is 6.08 Å². The topological polar surface area (TPSA) is 208 Å². The van der Waals surface area contributed by atoms with Crippen molar-refractivity contribution in [1.29, 1.82) is 5.26 Å². The third-order valence-electron chi connectivity index (χ3n) is 5.36. The maximum Gasteiger partial charge on any atom is 0.352 e. The van der Waals surface area contributed by atoms with Crippen molar-refractivity contribution in [2.45, 2.75) is 11.4 Å². The molecule has 0 spiro atoms. The van der Waals surface area contributed by atoms with Crippen molar-refractivity contribution in [2.24, 2.45) is 5.16 Å². The number of aromatic nitrogens is 1. The van der Waals surface area contributed by atoms with E-state index < -0.39 is 41.8 Å². The van der Waals surface area contributed by atoms with Crippen LogP contribution in [0, 0.1) is 11.3 Å². The molecule has 2 aliphatic heterocycles. The lowest BCUT2D eigenvalue weighted by atomic mass is 10.0. The van der Waals surface area contributed by atoms with Crippen LogP contribution >= 0.6 is 23.1 Å². The number of hydrogen-bond acceptors (Lipinski definition) is 11. The second-order valence-corrected chi connectivity index (χ2v) is 9.75. The summed E-state index contributed by atoms with van der Waals surface area (Å²) in [6.07, 6.45) is 3.17. The van der Waals surface area contributed by atoms with E-state index in [0.29, 0.717) is 16.7 Å². The number of carboxylic acid groups (broad SMARTS) is 2. The number of amides is 2. The van der Waals surface area contributed by atoms with Crippen molar-refractivity contribution in [3.8, 4) is 6.07 Å². The predicted molar refractivity (Wildman–Crippen MR) is 137 cm³/mol. The molecule has 0 saturated carbocycles. The lowest BCUT2D eigenvalue weighted by molar-refractivity contribution is -0.150. The second kappa shape index (κ2) is 11.2. The third-order valence-corrected chi connectivity index (χ3v) is 7.33. The van der Waals surface area contributed by atoms with Crippen LogP contribution in [0.4, 0.5) is 5.13 Å². The highest BCUT2D eigenvalue weighted by molar-refractivity contribution is 8.00. The summed E-state index contributed by atoms with van der Waals surface area (Å²) < 4.78 is 0. The zero-order valence-corrected chi connectivity index (χ0v) is 20.9. The highest BCUT2D eigenvalue weighted by atomic mass is 32.2. The molecule has 2 amide bonds. The molecule has 1 unspecified atom stereocenters. The Bertz CT molecular complexity index is 1460. The summed E-state index contributed by atoms with van der Waals surface area (Å²) in [5.74, 6) is -3.94. The lowest BCUT2D eigenvalue weighted by Crippen LogP contribution is -2.71. The molecule has 0 bridgehead atoms. The van der Waals surface area contributed by atoms with Crippen LogP contribution in [0.5, 0.6) is 0 Å². The number of nitrogens with one attached hydrogen (secondary N) is 1. The molecule has 3 heterocycles. The van der Waals surface area contributed by atoms with Gasteiger partial charge in [-0.3, -0.25) is 14.5 Å². The van der Waals surface area contributed by atoms with Crippen LogP contribution in [-0.4, -0.2) is 73.3 Å². The molecule has 1 saturated heterocycles. The van der Waals surface area contributed by atoms with Gasteiger partial charge in [-0.15, -0.1) is 23.1 Å². The van der Waals surface area contributed by atoms with E-state index in [0.717, 1.165) is 16.2 Å². The Labute approximate surface area is 222 Å². The first-order valence-corrected chi connectivity index (χ1v) is 12.7. The maximum absolute atomic E-state index is 13.0. The normalized spacial score (nSPS) is 19.0. The molecule has 2 atom stereocenters. The average molecular weight is 555 g/mol. The number of aliphatic carboxylic acids is 2. The van der Waals surface area contributed by atoms with Crippen molar-refractivity contribution in [1.82, 2.24) is 15.2 Å². The van der Waals surface area contributed by atoms with Gasteiger partial charge in [-0.1, -0.05) is 35.5 Å². The quantitative estimate of drug-likeness (QED) is 0.194. The molecule has 0 radical (unpaired) electrons. The minimum absolute atomic E-state index is 0.0199. The summed E-state index contributed by atoms with van der Waals surface area (Å²) >= 11 is 2.26. The Hall–Kier alpha value is -4.68. The van der Waals surface area contributed by atoms with Gasteiger partial charge in [0.2, 0.25) is 6.61 Å². The molecular weight excluding hydrogens is 536 g/mol. The van der Waals surface area contributed by atoms with Crippen LogP contribution in [0.3, 0.4) is 0 Å². The summed E-state index contributed by atoms with van der Waals surface area (Å²) in [6.45, 7) is -0.813. The predicted octanol–water partition coefficient (Wildman–Crippen LogP) is 0.854. The summed E-state index contributed by atoms with van der Waals surface area (Å²) in [6, 6.07) is 7.79. The van der Waals surface area contributed by atoms with E-state index in [-0.39, 0.29) is 28.0 Å². The number of carboxylic acids is 2. The number of allylic oxidation sites excluding steroid dienone is 1. The molecule has 1 fully saturated rings. The number of nitrogens with two attached hydrogens (primary N) is 1. The zero-order valence-electron chi connectivity index (χ0n) is 19.2. The summed E-state index contributed by atoms with van der Waals surface area (Å²) in [5, 5.41) is 34.8. The molecule has 4 rings (SSSR count). The number of β-lactam (4-membered cyclic amide) rings is 1. The van der Waals surface area contributed by atoms with Crippen molar-refractivity contribution >= 4 is 63.8 Å². The number of thiazole rings is 1. The summed E-state index contributed by atoms with van der Waals surface area (Å²) in [4.78, 5) is 58.5. The van der Waals surface area contributed by atoms with Gasteiger partial charge in [0.05, 0.1) is 11.6 Å². The monoisotopic (exact) mass is 554 g/mol. The Kier molecular flexibility index (Phi) is 7.74. The van der Waals surface area contributed by atoms with E-state index in [1.807, 2.05) is 0 Å². The molecule has 194 valence electrons. The van der Waals surface area contributed by atoms with Crippen molar-refractivity contribution in [2.75, 3.05) is 18.1 Å². The Morgan fingerprint density at radius 3 is 2.74 bits per heavy atom. The Morgan fingerprint density at radius 1 is 1.32 bits per heavy atom. The van der Waals surface area contributed by atoms with Gasteiger partial charge in [-0.05, 0) is 17.2 Å². The number of carbonyl (C=O) groups is 4. The average Bonchev–Trinajstić information content (AvgIpc) is 3.33. The van der Waals surface area contributed by atoms with Crippen molar-refractivity contribution < 1.29 is 34.2 Å². The highest BCUT2D eigenvalue weighted by Crippen LogP contribution is 2.41. The first kappa shape index (κ1) is 26.4. The highest BCUT2D eigenvalue weighted by Gasteiger charge is 2.54. The molecule has 2 aliphatic rings. The van der Waals surface area contributed by atoms with E-state index in [4.69, 9.17) is 10.8 Å². The van der Waals surface area contributed by atoms with Crippen LogP contribution in [-0.2, 0) is 24.0 Å². The number of nitriles is 1. The van der Waals surface area contributed by atoms with Gasteiger partial charge in [0, 0.05) is 11.1 Å². The smallest absolute Gasteiger partial charge is 0.352 e. The fraction of sp³-hybridized carbons (Fsp3) is 0.174. The van der Waals surface area contributed by atoms with Crippen molar-refractivity contribution in [3.05, 3.63) is 63.8 Å². The van der Waals surface area contributed by atoms with E-state index in [2.05, 4.69) is 26.4 Å². The van der Waals surface area contributed by atoms with E-state index in [1.165, 1.54) is 17.1 Å². The standard InChI is InChI=1S/C23H18N6O7S2/c24-7-12-4-2-1-3-11(12)5-6-13-9-37-21-17(20(33)29(21)18(13)22(34)35)27-19(32)16(28-36-8-15(30)31)14-10-38-23(25)26-14/h1-6,10,17,21H,8-9H2,(H2,25,26)(H,27,32)(H,30,31)(H,34,35)/t17?,21-/m1/s1. The number of rotatable bonds is 9. The molecule has 1 aromatic heterocycles. The van der Waals surface area contributed by atoms with Gasteiger partial charge >= 0.3 is 11.9 Å². The van der Waals surface area contributed by atoms with E-state index in [1.54, 1.807) is 36.4 Å². The minimum Gasteiger partial charge on any atom is -0.479 e. The molecule has 15 heteroatoms. The van der Waals surface area contributed by atoms with Gasteiger partial charge in [-0.25, -0.2) is 14.6 Å². The van der Waals surface area contributed by atoms with Crippen molar-refractivity contribution in [3.63, 3.8) is 0 Å². The largest absolute Gasteiger partial charge is 0.479 e. The number of benzene rings is 1. The van der Waals surface area contributed by atoms with Crippen LogP contribution < -0.4 is 11.1 Å². The number of oxime groups is 1. The number of thioether (sulfide) groups is 1. The van der Waals surface area contributed by atoms with Crippen LogP contribution in [0.1, 0.15) is 16.8 Å². The maximum atomic E-state index is 13.0. The molecule has 38 heavy (non-hydrogen) atoms. The van der Waals surface area contributed by atoms with Gasteiger partial charge in [0.25, 0.3) is 11.8 Å². The summed E-state index contributed by atoms with van der Waals surface area (Å²) in [7, 11) is 0. The molecule has 5 N–H and O–H groups in total. The first-order valence-electron chi connectivity index (χ1n) is 10.7. The minimum atomic E-state index is -1.32. The molecule has 1 aromatic carbocycles. The van der Waals surface area contributed by atoms with Gasteiger partial charge in [0.1, 0.15) is 22.8 Å². The van der Waals surface area contributed by atoms with Crippen LogP contribution in [0.15, 0.2) is 52.1 Å². The Morgan fingerprint density at radius 2 is 2.08 bits per heavy atom. The number of carbonyl (C=O) groups excluding carboxylic acids is 2. The fourth-order valence-corrected chi connectivity index (χ4v) is 5.53. The lowest BCUT2D eigenvalue weighted by Gasteiger charge is -2.49. The molecule has 0 aliphatic carbocycles. The van der Waals surface area contributed by atoms with Gasteiger partial charge < -0.3 is 26.1 Å². The SMILES string of the molecule is N#Cc1ccccc1C=CC1=C(C(=O)O)N2C(=O)C(NC(=O)C(=NOCC(=O)O)c3csc(N)n3)[C@H]2SC1. The third kappa shape index (κ3) is 5.36. The number of anilines is 1. The number of fused-ring (bicyclic) bond motifs is 1. The van der Waals surface area contributed by atoms with Crippen LogP contribution in [0.2, 0.25) is 0 Å². The zero-order chi connectivity index (χ0) is 27.4. The molecular formula is C23H18N6O7S2. The van der Waals surface area contributed by atoms with Gasteiger partial charge in [0.15, 0.2) is 10.8 Å². The second-order valence-electron chi connectivity index (χ2n) is 7.75. The fourth-order valence-electron chi connectivity index (χ4n) is 3.67.